The van der Waals surface area contributed by atoms with Crippen molar-refractivity contribution in [2.75, 3.05) is 6.54 Å². The van der Waals surface area contributed by atoms with E-state index in [1.54, 1.807) is 4.57 Å². The van der Waals surface area contributed by atoms with Gasteiger partial charge >= 0.3 is 0 Å². The summed E-state index contributed by atoms with van der Waals surface area (Å²) in [4.78, 5) is 11.9. The number of aryl methyl sites for hydroxylation is 1. The quantitative estimate of drug-likeness (QED) is 0.819. The maximum Gasteiger partial charge on any atom is 0.267 e. The van der Waals surface area contributed by atoms with Crippen molar-refractivity contribution < 1.29 is 13.2 Å². The number of amides is 1. The molecule has 0 spiro atoms. The van der Waals surface area contributed by atoms with Gasteiger partial charge in [0.15, 0.2) is 0 Å². The molecule has 0 saturated carbocycles. The van der Waals surface area contributed by atoms with Gasteiger partial charge in [0.1, 0.15) is 10.6 Å². The number of nitrogens with two attached hydrogens (primary N) is 1. The van der Waals surface area contributed by atoms with Gasteiger partial charge in [-0.05, 0) is 18.9 Å². The molecule has 0 atom stereocenters. The van der Waals surface area contributed by atoms with Crippen LogP contribution in [0.4, 0.5) is 0 Å². The number of hydrogen-bond acceptors (Lipinski definition) is 3. The van der Waals surface area contributed by atoms with E-state index < -0.39 is 10.0 Å². The second-order valence-corrected chi connectivity index (χ2v) is 6.06. The minimum atomic E-state index is -3.78. The third-order valence-electron chi connectivity index (χ3n) is 2.44. The molecule has 0 aliphatic carbocycles. The third-order valence-corrected chi connectivity index (χ3v) is 3.32. The van der Waals surface area contributed by atoms with Crippen LogP contribution < -0.4 is 10.5 Å². The Morgan fingerprint density at radius 3 is 2.56 bits per heavy atom. The number of carbonyl (C=O) groups is 1. The van der Waals surface area contributed by atoms with E-state index in [-0.39, 0.29) is 10.8 Å². The molecule has 3 N–H and O–H groups in total. The summed E-state index contributed by atoms with van der Waals surface area (Å²) in [7, 11) is -3.78. The van der Waals surface area contributed by atoms with Crippen LogP contribution in [0, 0.1) is 5.92 Å². The lowest BCUT2D eigenvalue weighted by molar-refractivity contribution is 0.0940. The lowest BCUT2D eigenvalue weighted by atomic mass is 10.2. The minimum Gasteiger partial charge on any atom is -0.351 e. The number of sulfonamides is 1. The fourth-order valence-electron chi connectivity index (χ4n) is 1.48. The van der Waals surface area contributed by atoms with Gasteiger partial charge in [-0.25, -0.2) is 13.6 Å². The second kappa shape index (κ2) is 5.53. The van der Waals surface area contributed by atoms with Gasteiger partial charge in [-0.3, -0.25) is 4.79 Å². The number of primary sulfonamides is 1. The Hall–Kier alpha value is -1.34. The number of nitrogens with zero attached hydrogens (tertiary/aromatic N) is 1. The zero-order valence-corrected chi connectivity index (χ0v) is 11.6. The van der Waals surface area contributed by atoms with Gasteiger partial charge in [0.05, 0.1) is 0 Å². The minimum absolute atomic E-state index is 0.0425. The van der Waals surface area contributed by atoms with Gasteiger partial charge in [0.25, 0.3) is 5.91 Å². The molecule has 1 heterocycles. The summed E-state index contributed by atoms with van der Waals surface area (Å²) in [6.07, 6.45) is 1.37. The van der Waals surface area contributed by atoms with Gasteiger partial charge in [-0.15, -0.1) is 0 Å². The van der Waals surface area contributed by atoms with Gasteiger partial charge in [0, 0.05) is 19.3 Å². The molecule has 1 aromatic heterocycles. The first-order valence-corrected chi connectivity index (χ1v) is 7.31. The molecule has 18 heavy (non-hydrogen) atoms. The molecule has 6 nitrogen and oxygen atoms in total. The average molecular weight is 273 g/mol. The number of rotatable bonds is 5. The molecule has 102 valence electrons. The predicted molar refractivity (Wildman–Crippen MR) is 68.7 cm³/mol. The molecule has 0 radical (unpaired) electrons. The van der Waals surface area contributed by atoms with E-state index >= 15 is 0 Å². The summed E-state index contributed by atoms with van der Waals surface area (Å²) in [6, 6.07) is 1.30. The molecule has 7 heteroatoms. The van der Waals surface area contributed by atoms with E-state index in [0.29, 0.717) is 24.7 Å². The van der Waals surface area contributed by atoms with E-state index in [2.05, 4.69) is 5.32 Å². The van der Waals surface area contributed by atoms with Gasteiger partial charge < -0.3 is 9.88 Å². The normalized spacial score (nSPS) is 11.8. The standard InChI is InChI=1S/C11H19N3O3S/c1-4-14-7-9(18(12,16)17)5-10(14)11(15)13-6-8(2)3/h5,7-8H,4,6H2,1-3H3,(H,13,15)(H2,12,16,17). The van der Waals surface area contributed by atoms with Crippen molar-refractivity contribution in [3.8, 4) is 0 Å². The predicted octanol–water partition coefficient (Wildman–Crippen LogP) is 0.541. The zero-order chi connectivity index (χ0) is 13.9. The van der Waals surface area contributed by atoms with Crippen LogP contribution in [0.25, 0.3) is 0 Å². The van der Waals surface area contributed by atoms with Crippen molar-refractivity contribution >= 4 is 15.9 Å². The Morgan fingerprint density at radius 2 is 2.11 bits per heavy atom. The number of carbonyl (C=O) groups excluding carboxylic acids is 1. The van der Waals surface area contributed by atoms with Crippen LogP contribution >= 0.6 is 0 Å². The molecule has 0 bridgehead atoms. The van der Waals surface area contributed by atoms with Crippen LogP contribution in [-0.2, 0) is 16.6 Å². The SMILES string of the molecule is CCn1cc(S(N)(=O)=O)cc1C(=O)NCC(C)C. The maximum absolute atomic E-state index is 11.9. The van der Waals surface area contributed by atoms with Crippen LogP contribution in [0.5, 0.6) is 0 Å². The fraction of sp³-hybridized carbons (Fsp3) is 0.545. The fourth-order valence-corrected chi connectivity index (χ4v) is 2.03. The highest BCUT2D eigenvalue weighted by molar-refractivity contribution is 7.89. The van der Waals surface area contributed by atoms with Crippen LogP contribution in [0.15, 0.2) is 17.2 Å². The number of hydrogen-bond donors (Lipinski definition) is 2. The Morgan fingerprint density at radius 1 is 1.50 bits per heavy atom. The smallest absolute Gasteiger partial charge is 0.267 e. The van der Waals surface area contributed by atoms with Crippen molar-refractivity contribution in [1.82, 2.24) is 9.88 Å². The summed E-state index contributed by atoms with van der Waals surface area (Å²) >= 11 is 0. The summed E-state index contributed by atoms with van der Waals surface area (Å²) < 4.78 is 24.0. The lowest BCUT2D eigenvalue weighted by Crippen LogP contribution is -2.29. The number of nitrogens with one attached hydrogen (secondary N) is 1. The Kier molecular flexibility index (Phi) is 4.53. The van der Waals surface area contributed by atoms with E-state index in [0.717, 1.165) is 0 Å². The zero-order valence-electron chi connectivity index (χ0n) is 10.8. The molecular weight excluding hydrogens is 254 g/mol. The van der Waals surface area contributed by atoms with Crippen LogP contribution in [-0.4, -0.2) is 25.4 Å². The van der Waals surface area contributed by atoms with Gasteiger partial charge in [-0.2, -0.15) is 0 Å². The molecule has 0 aliphatic heterocycles. The largest absolute Gasteiger partial charge is 0.351 e. The molecule has 0 saturated heterocycles. The van der Waals surface area contributed by atoms with E-state index in [9.17, 15) is 13.2 Å². The molecule has 0 aliphatic rings. The summed E-state index contributed by atoms with van der Waals surface area (Å²) in [5, 5.41) is 7.79. The van der Waals surface area contributed by atoms with Crippen molar-refractivity contribution in [2.45, 2.75) is 32.2 Å². The van der Waals surface area contributed by atoms with Crippen molar-refractivity contribution in [3.63, 3.8) is 0 Å². The molecule has 0 unspecified atom stereocenters. The highest BCUT2D eigenvalue weighted by Crippen LogP contribution is 2.13. The van der Waals surface area contributed by atoms with Crippen molar-refractivity contribution in [1.29, 1.82) is 0 Å². The van der Waals surface area contributed by atoms with Crippen LogP contribution in [0.1, 0.15) is 31.3 Å². The highest BCUT2D eigenvalue weighted by Gasteiger charge is 2.18. The Labute approximate surface area is 107 Å². The third kappa shape index (κ3) is 3.58. The molecule has 1 aromatic rings. The van der Waals surface area contributed by atoms with E-state index in [1.165, 1.54) is 12.3 Å². The average Bonchev–Trinajstić information content (AvgIpc) is 2.69. The summed E-state index contributed by atoms with van der Waals surface area (Å²) in [6.45, 7) is 6.83. The van der Waals surface area contributed by atoms with Gasteiger partial charge in [-0.1, -0.05) is 13.8 Å². The second-order valence-electron chi connectivity index (χ2n) is 4.50. The van der Waals surface area contributed by atoms with E-state index in [4.69, 9.17) is 5.14 Å². The van der Waals surface area contributed by atoms with Gasteiger partial charge in [0.2, 0.25) is 10.0 Å². The highest BCUT2D eigenvalue weighted by atomic mass is 32.2. The van der Waals surface area contributed by atoms with Crippen LogP contribution in [0.2, 0.25) is 0 Å². The van der Waals surface area contributed by atoms with Crippen molar-refractivity contribution in [2.24, 2.45) is 11.1 Å². The Bertz CT molecular complexity index is 532. The van der Waals surface area contributed by atoms with Crippen molar-refractivity contribution in [3.05, 3.63) is 18.0 Å². The van der Waals surface area contributed by atoms with Crippen LogP contribution in [0.3, 0.4) is 0 Å². The molecule has 0 aromatic carbocycles. The molecule has 1 rings (SSSR count). The summed E-state index contributed by atoms with van der Waals surface area (Å²) in [5.41, 5.74) is 0.308. The molecule has 0 fully saturated rings. The maximum atomic E-state index is 11.9. The Balaban J connectivity index is 3.01. The first kappa shape index (κ1) is 14.7. The first-order valence-electron chi connectivity index (χ1n) is 5.76. The topological polar surface area (TPSA) is 94.2 Å². The number of aromatic nitrogens is 1. The monoisotopic (exact) mass is 273 g/mol. The molecule has 1 amide bonds. The first-order chi connectivity index (χ1) is 8.25. The lowest BCUT2D eigenvalue weighted by Gasteiger charge is -2.09. The van der Waals surface area contributed by atoms with E-state index in [1.807, 2.05) is 20.8 Å². The molecular formula is C11H19N3O3S. The summed E-state index contributed by atoms with van der Waals surface area (Å²) in [5.74, 6) is 0.0390.